The highest BCUT2D eigenvalue weighted by Gasteiger charge is 2.27. The standard InChI is InChI=1S/C20H23N3O2S/c1-2-22-13-7-8-17(22)14-16-15-23(19-11-6-12-21-20(16)19)26(24,25)18-9-4-3-5-10-18/h3-6,9-12,15,17H,2,7-8,13-14H2,1H3. The third-order valence-corrected chi connectivity index (χ3v) is 6.95. The van der Waals surface area contributed by atoms with Crippen molar-refractivity contribution >= 4 is 21.1 Å². The quantitative estimate of drug-likeness (QED) is 0.692. The molecule has 26 heavy (non-hydrogen) atoms. The number of fused-ring (bicyclic) bond motifs is 1. The fourth-order valence-corrected chi connectivity index (χ4v) is 5.35. The molecule has 6 heteroatoms. The highest BCUT2D eigenvalue weighted by atomic mass is 32.2. The summed E-state index contributed by atoms with van der Waals surface area (Å²) in [7, 11) is -3.63. The Hall–Kier alpha value is -2.18. The number of nitrogens with zero attached hydrogens (tertiary/aromatic N) is 3. The number of rotatable bonds is 5. The van der Waals surface area contributed by atoms with Gasteiger partial charge in [0.25, 0.3) is 10.0 Å². The molecule has 0 radical (unpaired) electrons. The second-order valence-electron chi connectivity index (χ2n) is 6.77. The van der Waals surface area contributed by atoms with Crippen LogP contribution in [0.5, 0.6) is 0 Å². The molecule has 5 nitrogen and oxygen atoms in total. The van der Waals surface area contributed by atoms with Crippen LogP contribution in [-0.4, -0.2) is 41.4 Å². The molecule has 0 amide bonds. The molecule has 1 aliphatic heterocycles. The summed E-state index contributed by atoms with van der Waals surface area (Å²) in [5.74, 6) is 0. The van der Waals surface area contributed by atoms with E-state index < -0.39 is 10.0 Å². The third-order valence-electron chi connectivity index (χ3n) is 5.26. The fraction of sp³-hybridized carbons (Fsp3) is 0.350. The van der Waals surface area contributed by atoms with E-state index in [1.54, 1.807) is 42.7 Å². The maximum absolute atomic E-state index is 13.1. The van der Waals surface area contributed by atoms with E-state index in [1.807, 2.05) is 12.1 Å². The van der Waals surface area contributed by atoms with Crippen molar-refractivity contribution in [1.82, 2.24) is 13.9 Å². The molecule has 1 unspecified atom stereocenters. The topological polar surface area (TPSA) is 55.2 Å². The largest absolute Gasteiger partial charge is 0.300 e. The zero-order chi connectivity index (χ0) is 18.1. The minimum absolute atomic E-state index is 0.295. The zero-order valence-electron chi connectivity index (χ0n) is 14.9. The highest BCUT2D eigenvalue weighted by molar-refractivity contribution is 7.90. The summed E-state index contributed by atoms with van der Waals surface area (Å²) in [6.45, 7) is 4.33. The van der Waals surface area contributed by atoms with Gasteiger partial charge in [-0.15, -0.1) is 0 Å². The van der Waals surface area contributed by atoms with Crippen LogP contribution in [0.2, 0.25) is 0 Å². The van der Waals surface area contributed by atoms with Crippen molar-refractivity contribution in [2.24, 2.45) is 0 Å². The van der Waals surface area contributed by atoms with E-state index in [1.165, 1.54) is 10.4 Å². The predicted octanol–water partition coefficient (Wildman–Crippen LogP) is 3.30. The average Bonchev–Trinajstić information content (AvgIpc) is 3.28. The van der Waals surface area contributed by atoms with Crippen LogP contribution < -0.4 is 0 Å². The van der Waals surface area contributed by atoms with Gasteiger partial charge in [-0.05, 0) is 62.2 Å². The lowest BCUT2D eigenvalue weighted by molar-refractivity contribution is 0.266. The maximum atomic E-state index is 13.1. The monoisotopic (exact) mass is 369 g/mol. The highest BCUT2D eigenvalue weighted by Crippen LogP contribution is 2.28. The fourth-order valence-electron chi connectivity index (χ4n) is 3.95. The Morgan fingerprint density at radius 3 is 2.73 bits per heavy atom. The van der Waals surface area contributed by atoms with Crippen LogP contribution in [0.25, 0.3) is 11.0 Å². The van der Waals surface area contributed by atoms with E-state index in [-0.39, 0.29) is 0 Å². The summed E-state index contributed by atoms with van der Waals surface area (Å²) in [6, 6.07) is 12.7. The number of likely N-dealkylation sites (N-methyl/N-ethyl adjacent to an activating group) is 1. The molecular weight excluding hydrogens is 346 g/mol. The lowest BCUT2D eigenvalue weighted by atomic mass is 10.1. The van der Waals surface area contributed by atoms with Gasteiger partial charge in [-0.25, -0.2) is 12.4 Å². The van der Waals surface area contributed by atoms with Crippen molar-refractivity contribution in [2.75, 3.05) is 13.1 Å². The molecule has 0 aliphatic carbocycles. The molecule has 3 heterocycles. The van der Waals surface area contributed by atoms with Crippen molar-refractivity contribution in [3.8, 4) is 0 Å². The first-order valence-electron chi connectivity index (χ1n) is 9.11. The second kappa shape index (κ2) is 6.85. The van der Waals surface area contributed by atoms with Crippen LogP contribution in [0, 0.1) is 0 Å². The van der Waals surface area contributed by atoms with Gasteiger partial charge in [0.1, 0.15) is 0 Å². The number of aromatic nitrogens is 2. The molecule has 0 saturated carbocycles. The molecular formula is C20H23N3O2S. The SMILES string of the molecule is CCN1CCCC1Cc1cn(S(=O)(=O)c2ccccc2)c2cccnc12. The lowest BCUT2D eigenvalue weighted by Crippen LogP contribution is -2.30. The first-order valence-corrected chi connectivity index (χ1v) is 10.5. The summed E-state index contributed by atoms with van der Waals surface area (Å²) < 4.78 is 27.7. The minimum atomic E-state index is -3.63. The molecule has 1 aliphatic rings. The van der Waals surface area contributed by atoms with Crippen molar-refractivity contribution in [2.45, 2.75) is 37.1 Å². The maximum Gasteiger partial charge on any atom is 0.268 e. The van der Waals surface area contributed by atoms with Gasteiger partial charge in [0, 0.05) is 18.4 Å². The van der Waals surface area contributed by atoms with Gasteiger partial charge in [0.15, 0.2) is 0 Å². The number of benzene rings is 1. The molecule has 3 aromatic rings. The van der Waals surface area contributed by atoms with Crippen LogP contribution in [0.3, 0.4) is 0 Å². The van der Waals surface area contributed by atoms with E-state index in [9.17, 15) is 8.42 Å². The number of pyridine rings is 1. The molecule has 2 aromatic heterocycles. The Morgan fingerprint density at radius 1 is 1.15 bits per heavy atom. The Morgan fingerprint density at radius 2 is 1.96 bits per heavy atom. The van der Waals surface area contributed by atoms with Gasteiger partial charge < -0.3 is 4.90 Å². The summed E-state index contributed by atoms with van der Waals surface area (Å²) in [4.78, 5) is 7.26. The summed E-state index contributed by atoms with van der Waals surface area (Å²) >= 11 is 0. The van der Waals surface area contributed by atoms with Crippen LogP contribution in [0.1, 0.15) is 25.3 Å². The van der Waals surface area contributed by atoms with Crippen LogP contribution in [0.15, 0.2) is 59.8 Å². The lowest BCUT2D eigenvalue weighted by Gasteiger charge is -2.22. The molecule has 1 saturated heterocycles. The minimum Gasteiger partial charge on any atom is -0.300 e. The van der Waals surface area contributed by atoms with Gasteiger partial charge in [-0.2, -0.15) is 0 Å². The first-order chi connectivity index (χ1) is 12.6. The number of hydrogen-bond donors (Lipinski definition) is 0. The smallest absolute Gasteiger partial charge is 0.268 e. The van der Waals surface area contributed by atoms with E-state index in [0.717, 1.165) is 37.0 Å². The van der Waals surface area contributed by atoms with Gasteiger partial charge in [-0.1, -0.05) is 25.1 Å². The molecule has 136 valence electrons. The van der Waals surface area contributed by atoms with Gasteiger partial charge in [-0.3, -0.25) is 4.98 Å². The Balaban J connectivity index is 1.80. The molecule has 0 spiro atoms. The normalized spacial score (nSPS) is 18.6. The van der Waals surface area contributed by atoms with Gasteiger partial charge >= 0.3 is 0 Å². The molecule has 1 atom stereocenters. The van der Waals surface area contributed by atoms with Crippen LogP contribution in [0.4, 0.5) is 0 Å². The van der Waals surface area contributed by atoms with Gasteiger partial charge in [0.05, 0.1) is 15.9 Å². The van der Waals surface area contributed by atoms with Crippen LogP contribution in [-0.2, 0) is 16.4 Å². The zero-order valence-corrected chi connectivity index (χ0v) is 15.7. The van der Waals surface area contributed by atoms with Gasteiger partial charge in [0.2, 0.25) is 0 Å². The van der Waals surface area contributed by atoms with Crippen molar-refractivity contribution in [3.63, 3.8) is 0 Å². The second-order valence-corrected chi connectivity index (χ2v) is 8.58. The van der Waals surface area contributed by atoms with E-state index in [4.69, 9.17) is 0 Å². The molecule has 0 bridgehead atoms. The number of likely N-dealkylation sites (tertiary alicyclic amines) is 1. The Bertz CT molecular complexity index is 1010. The summed E-state index contributed by atoms with van der Waals surface area (Å²) in [5.41, 5.74) is 2.44. The Labute approximate surface area is 154 Å². The summed E-state index contributed by atoms with van der Waals surface area (Å²) in [5, 5.41) is 0. The summed E-state index contributed by atoms with van der Waals surface area (Å²) in [6.07, 6.45) is 6.69. The average molecular weight is 369 g/mol. The molecule has 4 rings (SSSR count). The molecule has 1 fully saturated rings. The van der Waals surface area contributed by atoms with E-state index in [2.05, 4.69) is 16.8 Å². The van der Waals surface area contributed by atoms with Crippen LogP contribution >= 0.6 is 0 Å². The van der Waals surface area contributed by atoms with Crippen molar-refractivity contribution < 1.29 is 8.42 Å². The predicted molar refractivity (Wildman–Crippen MR) is 103 cm³/mol. The molecule has 0 N–H and O–H groups in total. The molecule has 1 aromatic carbocycles. The van der Waals surface area contributed by atoms with E-state index in [0.29, 0.717) is 16.5 Å². The Kier molecular flexibility index (Phi) is 4.54. The number of hydrogen-bond acceptors (Lipinski definition) is 4. The van der Waals surface area contributed by atoms with Crippen molar-refractivity contribution in [1.29, 1.82) is 0 Å². The third kappa shape index (κ3) is 2.93. The van der Waals surface area contributed by atoms with Crippen molar-refractivity contribution in [3.05, 3.63) is 60.4 Å². The first kappa shape index (κ1) is 17.2. The van der Waals surface area contributed by atoms with E-state index >= 15 is 0 Å².